The first-order chi connectivity index (χ1) is 15.6. The number of aliphatic carboxylic acids is 1. The van der Waals surface area contributed by atoms with Crippen LogP contribution in [0.4, 0.5) is 4.79 Å². The maximum atomic E-state index is 13.1. The molecule has 0 unspecified atom stereocenters. The summed E-state index contributed by atoms with van der Waals surface area (Å²) in [6.07, 6.45) is -0.469. The van der Waals surface area contributed by atoms with Gasteiger partial charge < -0.3 is 9.84 Å². The smallest absolute Gasteiger partial charge is 0.411 e. The van der Waals surface area contributed by atoms with E-state index < -0.39 is 24.1 Å². The zero-order chi connectivity index (χ0) is 22.2. The topological polar surface area (TPSA) is 66.8 Å². The second-order valence-electron chi connectivity index (χ2n) is 7.77. The third kappa shape index (κ3) is 3.24. The number of benzene rings is 3. The van der Waals surface area contributed by atoms with Gasteiger partial charge in [0.2, 0.25) is 0 Å². The maximum Gasteiger partial charge on any atom is 0.411 e. The number of rotatable bonds is 5. The predicted octanol–water partition coefficient (Wildman–Crippen LogP) is 5.74. The lowest BCUT2D eigenvalue weighted by Gasteiger charge is -2.34. The van der Waals surface area contributed by atoms with Crippen LogP contribution in [-0.2, 0) is 16.0 Å². The van der Waals surface area contributed by atoms with E-state index in [1.807, 2.05) is 78.2 Å². The molecule has 3 aromatic carbocycles. The fourth-order valence-corrected chi connectivity index (χ4v) is 5.63. The van der Waals surface area contributed by atoms with E-state index in [0.29, 0.717) is 0 Å². The number of carboxylic acids is 1. The minimum atomic E-state index is -1.09. The van der Waals surface area contributed by atoms with Crippen molar-refractivity contribution in [1.29, 1.82) is 0 Å². The normalized spacial score (nSPS) is 13.4. The van der Waals surface area contributed by atoms with Gasteiger partial charge in [-0.25, -0.2) is 9.59 Å². The average molecular weight is 444 g/mol. The Bertz CT molecular complexity index is 1280. The Hall–Kier alpha value is -3.64. The van der Waals surface area contributed by atoms with E-state index in [9.17, 15) is 14.7 Å². The molecule has 1 aromatic heterocycles. The maximum absolute atomic E-state index is 13.1. The van der Waals surface area contributed by atoms with Crippen LogP contribution in [0.2, 0.25) is 0 Å². The summed E-state index contributed by atoms with van der Waals surface area (Å²) in [7, 11) is 1.29. The van der Waals surface area contributed by atoms with Crippen LogP contribution in [0.15, 0.2) is 78.2 Å². The number of fused-ring (bicyclic) bond motifs is 4. The van der Waals surface area contributed by atoms with Crippen LogP contribution in [-0.4, -0.2) is 35.2 Å². The first-order valence-corrected chi connectivity index (χ1v) is 11.2. The minimum absolute atomic E-state index is 0.190. The molecular weight excluding hydrogens is 422 g/mol. The lowest BCUT2D eigenvalue weighted by atomic mass is 9.98. The molecule has 0 aliphatic heterocycles. The summed E-state index contributed by atoms with van der Waals surface area (Å²) in [4.78, 5) is 27.0. The third-order valence-corrected chi connectivity index (χ3v) is 7.07. The van der Waals surface area contributed by atoms with Crippen molar-refractivity contribution < 1.29 is 19.4 Å². The number of nitrogens with zero attached hydrogens (tertiary/aromatic N) is 1. The van der Waals surface area contributed by atoms with Crippen LogP contribution in [0, 0.1) is 0 Å². The monoisotopic (exact) mass is 443 g/mol. The molecule has 5 rings (SSSR count). The van der Waals surface area contributed by atoms with Gasteiger partial charge in [0.1, 0.15) is 6.04 Å². The van der Waals surface area contributed by atoms with E-state index in [0.717, 1.165) is 37.9 Å². The third-order valence-electron chi connectivity index (χ3n) is 6.06. The number of hydrogen-bond acceptors (Lipinski definition) is 4. The Balaban J connectivity index is 1.64. The van der Waals surface area contributed by atoms with Gasteiger partial charge in [-0.15, -0.1) is 11.3 Å². The highest BCUT2D eigenvalue weighted by Gasteiger charge is 2.42. The minimum Gasteiger partial charge on any atom is -0.480 e. The summed E-state index contributed by atoms with van der Waals surface area (Å²) in [5, 5.41) is 13.3. The molecular formula is C26H21NO4S. The summed E-state index contributed by atoms with van der Waals surface area (Å²) >= 11 is 1.58. The Morgan fingerprint density at radius 2 is 1.56 bits per heavy atom. The molecule has 1 aliphatic rings. The first-order valence-electron chi connectivity index (χ1n) is 10.3. The highest BCUT2D eigenvalue weighted by atomic mass is 32.1. The van der Waals surface area contributed by atoms with Crippen molar-refractivity contribution in [2.75, 3.05) is 7.11 Å². The molecule has 0 saturated heterocycles. The van der Waals surface area contributed by atoms with E-state index >= 15 is 0 Å². The Morgan fingerprint density at radius 3 is 2.19 bits per heavy atom. The number of ether oxygens (including phenoxy) is 1. The molecule has 0 fully saturated rings. The number of hydrogen-bond donors (Lipinski definition) is 1. The van der Waals surface area contributed by atoms with Gasteiger partial charge in [-0.3, -0.25) is 4.90 Å². The zero-order valence-electron chi connectivity index (χ0n) is 17.4. The van der Waals surface area contributed by atoms with E-state index in [4.69, 9.17) is 4.74 Å². The van der Waals surface area contributed by atoms with Gasteiger partial charge in [0.05, 0.1) is 13.2 Å². The molecule has 160 valence electrons. The highest BCUT2D eigenvalue weighted by molar-refractivity contribution is 7.17. The molecule has 0 bridgehead atoms. The number of methoxy groups -OCH3 is 1. The summed E-state index contributed by atoms with van der Waals surface area (Å²) in [6.45, 7) is 0. The molecule has 1 heterocycles. The summed E-state index contributed by atoms with van der Waals surface area (Å²) < 4.78 is 6.21. The van der Waals surface area contributed by atoms with Crippen LogP contribution >= 0.6 is 11.3 Å². The van der Waals surface area contributed by atoms with Crippen LogP contribution in [0.5, 0.6) is 0 Å². The van der Waals surface area contributed by atoms with Crippen LogP contribution in [0.25, 0.3) is 21.2 Å². The largest absolute Gasteiger partial charge is 0.480 e. The SMILES string of the molecule is COC(=O)N(C1c2ccccc2-c2ccccc21)[C@H](Cc1csc2ccccc12)C(=O)O. The molecule has 4 aromatic rings. The van der Waals surface area contributed by atoms with Crippen molar-refractivity contribution in [3.05, 3.63) is 94.9 Å². The van der Waals surface area contributed by atoms with Gasteiger partial charge in [0.25, 0.3) is 0 Å². The lowest BCUT2D eigenvalue weighted by Crippen LogP contribution is -2.48. The standard InChI is InChI=1S/C26H21NO4S/c1-31-26(30)27(22(25(28)29)14-16-15-32-23-13-7-6-8-17(16)23)24-20-11-4-2-9-18(20)19-10-3-5-12-21(19)24/h2-13,15,22,24H,14H2,1H3,(H,28,29)/t22-/m1/s1. The molecule has 1 amide bonds. The number of carbonyl (C=O) groups excluding carboxylic acids is 1. The van der Waals surface area contributed by atoms with E-state index in [1.54, 1.807) is 11.3 Å². The van der Waals surface area contributed by atoms with Gasteiger partial charge >= 0.3 is 12.1 Å². The van der Waals surface area contributed by atoms with E-state index in [1.165, 1.54) is 12.0 Å². The van der Waals surface area contributed by atoms with Crippen molar-refractivity contribution in [2.24, 2.45) is 0 Å². The van der Waals surface area contributed by atoms with Crippen molar-refractivity contribution in [2.45, 2.75) is 18.5 Å². The molecule has 1 atom stereocenters. The highest BCUT2D eigenvalue weighted by Crippen LogP contribution is 2.47. The second-order valence-corrected chi connectivity index (χ2v) is 8.68. The zero-order valence-corrected chi connectivity index (χ0v) is 18.2. The Kier molecular flexibility index (Phi) is 5.15. The molecule has 0 spiro atoms. The van der Waals surface area contributed by atoms with Crippen molar-refractivity contribution in [3.8, 4) is 11.1 Å². The molecule has 1 N–H and O–H groups in total. The fraction of sp³-hybridized carbons (Fsp3) is 0.154. The number of carbonyl (C=O) groups is 2. The van der Waals surface area contributed by atoms with Crippen LogP contribution < -0.4 is 0 Å². The summed E-state index contributed by atoms with van der Waals surface area (Å²) in [6, 6.07) is 21.9. The quantitative estimate of drug-likeness (QED) is 0.427. The molecule has 32 heavy (non-hydrogen) atoms. The second kappa shape index (κ2) is 8.13. The van der Waals surface area contributed by atoms with Gasteiger partial charge in [0.15, 0.2) is 0 Å². The van der Waals surface area contributed by atoms with Crippen molar-refractivity contribution >= 4 is 33.5 Å². The van der Waals surface area contributed by atoms with Crippen molar-refractivity contribution in [1.82, 2.24) is 4.90 Å². The Morgan fingerprint density at radius 1 is 0.969 bits per heavy atom. The summed E-state index contributed by atoms with van der Waals surface area (Å²) in [5.41, 5.74) is 4.73. The summed E-state index contributed by atoms with van der Waals surface area (Å²) in [5.74, 6) is -1.06. The van der Waals surface area contributed by atoms with Crippen LogP contribution in [0.3, 0.4) is 0 Å². The van der Waals surface area contributed by atoms with E-state index in [2.05, 4.69) is 0 Å². The van der Waals surface area contributed by atoms with Gasteiger partial charge in [-0.2, -0.15) is 0 Å². The predicted molar refractivity (Wildman–Crippen MR) is 125 cm³/mol. The molecule has 0 radical (unpaired) electrons. The fourth-order valence-electron chi connectivity index (χ4n) is 4.65. The molecule has 6 heteroatoms. The van der Waals surface area contributed by atoms with Gasteiger partial charge in [-0.1, -0.05) is 66.7 Å². The molecule has 5 nitrogen and oxygen atoms in total. The Labute approximate surface area is 189 Å². The van der Waals surface area contributed by atoms with Gasteiger partial charge in [0, 0.05) is 11.1 Å². The number of amides is 1. The van der Waals surface area contributed by atoms with Crippen molar-refractivity contribution in [3.63, 3.8) is 0 Å². The molecule has 0 saturated carbocycles. The first kappa shape index (κ1) is 20.3. The van der Waals surface area contributed by atoms with Gasteiger partial charge in [-0.05, 0) is 44.6 Å². The number of thiophene rings is 1. The lowest BCUT2D eigenvalue weighted by molar-refractivity contribution is -0.143. The average Bonchev–Trinajstić information content (AvgIpc) is 3.38. The molecule has 1 aliphatic carbocycles. The number of carboxylic acid groups (broad SMARTS) is 1. The van der Waals surface area contributed by atoms with E-state index in [-0.39, 0.29) is 6.42 Å². The van der Waals surface area contributed by atoms with Crippen LogP contribution in [0.1, 0.15) is 22.7 Å².